The summed E-state index contributed by atoms with van der Waals surface area (Å²) in [4.78, 5) is -2.03. The molecule has 0 radical (unpaired) electrons. The Morgan fingerprint density at radius 1 is 0.882 bits per heavy atom. The minimum Gasteiger partial charge on any atom is -0.306 e. The van der Waals surface area contributed by atoms with E-state index in [-0.39, 0.29) is 0 Å². The Morgan fingerprint density at radius 3 is 1.94 bits per heavy atom. The summed E-state index contributed by atoms with van der Waals surface area (Å²) in [5.41, 5.74) is 13.3. The van der Waals surface area contributed by atoms with Crippen LogP contribution in [0.2, 0.25) is 0 Å². The van der Waals surface area contributed by atoms with Gasteiger partial charge in [0.25, 0.3) is 0 Å². The van der Waals surface area contributed by atoms with E-state index in [2.05, 4.69) is 0 Å². The normalized spacial score (nSPS) is 36.4. The first kappa shape index (κ1) is 12.9. The molecule has 1 atom stereocenters. The van der Waals surface area contributed by atoms with Crippen molar-refractivity contribution in [3.8, 4) is 0 Å². The van der Waals surface area contributed by atoms with Crippen molar-refractivity contribution < 1.29 is 0 Å². The lowest BCUT2D eigenvalue weighted by Crippen LogP contribution is -2.32. The van der Waals surface area contributed by atoms with Crippen molar-refractivity contribution in [2.45, 2.75) is 10.00 Å². The summed E-state index contributed by atoms with van der Waals surface area (Å²) in [6, 6.07) is 0. The molecule has 0 aliphatic heterocycles. The van der Waals surface area contributed by atoms with Crippen LogP contribution >= 0.6 is 34.8 Å². The zero-order chi connectivity index (χ0) is 12.7. The van der Waals surface area contributed by atoms with Gasteiger partial charge in [-0.3, -0.25) is 0 Å². The Morgan fingerprint density at radius 2 is 1.41 bits per heavy atom. The number of halogens is 3. The van der Waals surface area contributed by atoms with E-state index in [9.17, 15) is 0 Å². The van der Waals surface area contributed by atoms with Crippen molar-refractivity contribution in [1.29, 1.82) is 0 Å². The van der Waals surface area contributed by atoms with Gasteiger partial charge >= 0.3 is 0 Å². The van der Waals surface area contributed by atoms with Gasteiger partial charge in [-0.1, -0.05) is 53.0 Å². The van der Waals surface area contributed by atoms with Gasteiger partial charge < -0.3 is 11.5 Å². The van der Waals surface area contributed by atoms with Gasteiger partial charge in [-0.05, 0) is 35.5 Å². The molecule has 0 aromatic rings. The average molecular weight is 290 g/mol. The van der Waals surface area contributed by atoms with Gasteiger partial charge in [-0.25, -0.2) is 0 Å². The van der Waals surface area contributed by atoms with Crippen LogP contribution in [-0.2, 0) is 0 Å². The second kappa shape index (κ2) is 4.30. The van der Waals surface area contributed by atoms with Gasteiger partial charge in [0.1, 0.15) is 10.00 Å². The Kier molecular flexibility index (Phi) is 3.27. The van der Waals surface area contributed by atoms with Gasteiger partial charge in [0.15, 0.2) is 0 Å². The zero-order valence-corrected chi connectivity index (χ0v) is 11.1. The summed E-state index contributed by atoms with van der Waals surface area (Å²) in [6.07, 6.45) is 12.3. The van der Waals surface area contributed by atoms with Crippen LogP contribution in [0.3, 0.4) is 0 Å². The summed E-state index contributed by atoms with van der Waals surface area (Å²) in [5.74, 6) is 0. The van der Waals surface area contributed by atoms with E-state index in [0.717, 1.165) is 11.1 Å². The van der Waals surface area contributed by atoms with Crippen LogP contribution in [0.25, 0.3) is 0 Å². The summed E-state index contributed by atoms with van der Waals surface area (Å²) in [5, 5.41) is 0.376. The van der Waals surface area contributed by atoms with Crippen LogP contribution in [-0.4, -0.2) is 10.00 Å². The van der Waals surface area contributed by atoms with Crippen molar-refractivity contribution in [2.24, 2.45) is 11.5 Å². The molecule has 0 fully saturated rings. The van der Waals surface area contributed by atoms with Crippen molar-refractivity contribution in [2.75, 3.05) is 0 Å². The van der Waals surface area contributed by atoms with E-state index in [0.29, 0.717) is 5.03 Å². The zero-order valence-electron chi connectivity index (χ0n) is 8.83. The van der Waals surface area contributed by atoms with Crippen LogP contribution in [0.4, 0.5) is 0 Å². The molecule has 0 spiro atoms. The van der Waals surface area contributed by atoms with E-state index in [1.807, 2.05) is 18.2 Å². The van der Waals surface area contributed by atoms with E-state index in [1.165, 1.54) is 0 Å². The number of nitrogens with two attached hydrogens (primary N) is 2. The maximum absolute atomic E-state index is 6.00. The summed E-state index contributed by atoms with van der Waals surface area (Å²) < 4.78 is 0. The molecule has 0 saturated heterocycles. The van der Waals surface area contributed by atoms with Crippen LogP contribution in [0.5, 0.6) is 0 Å². The third-order valence-electron chi connectivity index (χ3n) is 2.52. The third kappa shape index (κ3) is 2.84. The van der Waals surface area contributed by atoms with E-state index >= 15 is 0 Å². The number of hydrogen-bond acceptors (Lipinski definition) is 2. The molecule has 2 aliphatic rings. The maximum atomic E-state index is 6.00. The molecule has 0 amide bonds. The van der Waals surface area contributed by atoms with E-state index in [4.69, 9.17) is 46.3 Å². The highest BCUT2D eigenvalue weighted by atomic mass is 35.5. The molecule has 0 heterocycles. The van der Waals surface area contributed by atoms with Crippen LogP contribution in [0.1, 0.15) is 0 Å². The minimum atomic E-state index is -1.11. The first-order chi connectivity index (χ1) is 7.80. The molecular formula is C12H11Cl3N2. The lowest BCUT2D eigenvalue weighted by molar-refractivity contribution is 0.897. The topological polar surface area (TPSA) is 52.0 Å². The molecule has 0 saturated carbocycles. The van der Waals surface area contributed by atoms with Gasteiger partial charge in [0, 0.05) is 0 Å². The highest BCUT2D eigenvalue weighted by Gasteiger charge is 2.26. The first-order valence-corrected chi connectivity index (χ1v) is 6.09. The third-order valence-corrected chi connectivity index (χ3v) is 3.62. The van der Waals surface area contributed by atoms with Crippen molar-refractivity contribution in [1.82, 2.24) is 0 Å². The molecule has 0 aromatic heterocycles. The van der Waals surface area contributed by atoms with Gasteiger partial charge in [-0.15, -0.1) is 0 Å². The molecule has 2 nitrogen and oxygen atoms in total. The number of hydrogen-bond donors (Lipinski definition) is 2. The average Bonchev–Trinajstić information content (AvgIpc) is 2.23. The summed E-state index contributed by atoms with van der Waals surface area (Å²) in [6.45, 7) is 0. The van der Waals surface area contributed by atoms with Crippen molar-refractivity contribution in [3.05, 3.63) is 58.7 Å². The predicted molar refractivity (Wildman–Crippen MR) is 73.9 cm³/mol. The number of rotatable bonds is 0. The SMILES string of the molecule is NC1(Cl)C=CC(=C2C=CC(N)(Cl)C(Cl)=C2)C=C1. The Labute approximate surface area is 115 Å². The molecule has 4 N–H and O–H groups in total. The first-order valence-electron chi connectivity index (χ1n) is 4.95. The van der Waals surface area contributed by atoms with Gasteiger partial charge in [-0.2, -0.15) is 0 Å². The van der Waals surface area contributed by atoms with Gasteiger partial charge in [0.05, 0.1) is 5.03 Å². The molecular weight excluding hydrogens is 279 g/mol. The predicted octanol–water partition coefficient (Wildman–Crippen LogP) is 2.89. The van der Waals surface area contributed by atoms with Crippen LogP contribution < -0.4 is 11.5 Å². The molecule has 0 aromatic carbocycles. The molecule has 5 heteroatoms. The second-order valence-corrected chi connectivity index (χ2v) is 5.69. The molecule has 2 rings (SSSR count). The molecule has 0 bridgehead atoms. The molecule has 1 unspecified atom stereocenters. The lowest BCUT2D eigenvalue weighted by atomic mass is 9.97. The fourth-order valence-corrected chi connectivity index (χ4v) is 1.93. The van der Waals surface area contributed by atoms with E-state index < -0.39 is 10.00 Å². The van der Waals surface area contributed by atoms with Crippen molar-refractivity contribution >= 4 is 34.8 Å². The minimum absolute atomic E-state index is 0.376. The highest BCUT2D eigenvalue weighted by molar-refractivity contribution is 6.40. The van der Waals surface area contributed by atoms with Crippen LogP contribution in [0.15, 0.2) is 58.7 Å². The quantitative estimate of drug-likeness (QED) is 0.532. The van der Waals surface area contributed by atoms with Crippen LogP contribution in [0, 0.1) is 0 Å². The fourth-order valence-electron chi connectivity index (χ4n) is 1.50. The monoisotopic (exact) mass is 288 g/mol. The Hall–Kier alpha value is -0.510. The fraction of sp³-hybridized carbons (Fsp3) is 0.167. The number of alkyl halides is 2. The number of allylic oxidation sites excluding steroid dienone is 6. The molecule has 17 heavy (non-hydrogen) atoms. The highest BCUT2D eigenvalue weighted by Crippen LogP contribution is 2.32. The lowest BCUT2D eigenvalue weighted by Gasteiger charge is -2.22. The smallest absolute Gasteiger partial charge is 0.146 e. The largest absolute Gasteiger partial charge is 0.306 e. The van der Waals surface area contributed by atoms with Crippen molar-refractivity contribution in [3.63, 3.8) is 0 Å². The molecule has 2 aliphatic carbocycles. The Bertz CT molecular complexity index is 476. The molecule has 90 valence electrons. The summed E-state index contributed by atoms with van der Waals surface area (Å²) >= 11 is 17.9. The van der Waals surface area contributed by atoms with Gasteiger partial charge in [0.2, 0.25) is 0 Å². The summed E-state index contributed by atoms with van der Waals surface area (Å²) in [7, 11) is 0. The maximum Gasteiger partial charge on any atom is 0.146 e. The van der Waals surface area contributed by atoms with E-state index in [1.54, 1.807) is 24.3 Å². The standard InChI is InChI=1S/C12H11Cl3N2/c13-10-7-9(3-6-12(10,15)17)8-1-4-11(14,16)5-2-8/h1-7H,16-17H2. The second-order valence-electron chi connectivity index (χ2n) is 4.00. The Balaban J connectivity index is 2.36.